The molecule has 0 unspecified atom stereocenters. The molecule has 1 saturated heterocycles. The molecule has 1 aliphatic heterocycles. The van der Waals surface area contributed by atoms with E-state index in [1.54, 1.807) is 0 Å². The second kappa shape index (κ2) is 8.14. The Kier molecular flexibility index (Phi) is 6.19. The first-order chi connectivity index (χ1) is 11.3. The van der Waals surface area contributed by atoms with Crippen molar-refractivity contribution in [3.63, 3.8) is 0 Å². The number of benzene rings is 1. The molecule has 0 aromatic heterocycles. The monoisotopic (exact) mass is 344 g/mol. The Morgan fingerprint density at radius 1 is 1.12 bits per heavy atom. The molecule has 3 N–H and O–H groups in total. The number of para-hydroxylation sites is 1. The molecular formula is C16H21F3N3O2+. The number of amides is 2. The van der Waals surface area contributed by atoms with Crippen LogP contribution in [0.2, 0.25) is 0 Å². The molecule has 0 saturated carbocycles. The van der Waals surface area contributed by atoms with E-state index < -0.39 is 18.6 Å². The summed E-state index contributed by atoms with van der Waals surface area (Å²) in [5, 5.41) is 4.72. The van der Waals surface area contributed by atoms with E-state index in [1.165, 1.54) is 0 Å². The van der Waals surface area contributed by atoms with Crippen molar-refractivity contribution in [2.24, 2.45) is 5.92 Å². The average Bonchev–Trinajstić information content (AvgIpc) is 2.54. The summed E-state index contributed by atoms with van der Waals surface area (Å²) in [5.41, 5.74) is 0.740. The van der Waals surface area contributed by atoms with Crippen molar-refractivity contribution in [2.45, 2.75) is 19.0 Å². The predicted molar refractivity (Wildman–Crippen MR) is 82.4 cm³/mol. The van der Waals surface area contributed by atoms with Crippen molar-refractivity contribution in [1.29, 1.82) is 0 Å². The number of anilines is 1. The molecule has 5 nitrogen and oxygen atoms in total. The van der Waals surface area contributed by atoms with Crippen molar-refractivity contribution >= 4 is 17.5 Å². The molecular weight excluding hydrogens is 323 g/mol. The summed E-state index contributed by atoms with van der Waals surface area (Å²) in [5.74, 6) is -0.802. The summed E-state index contributed by atoms with van der Waals surface area (Å²) >= 11 is 0. The van der Waals surface area contributed by atoms with Gasteiger partial charge >= 0.3 is 6.18 Å². The molecule has 0 aliphatic carbocycles. The van der Waals surface area contributed by atoms with Gasteiger partial charge in [0, 0.05) is 24.4 Å². The number of carbonyl (C=O) groups excluding carboxylic acids is 2. The van der Waals surface area contributed by atoms with E-state index in [-0.39, 0.29) is 18.4 Å². The van der Waals surface area contributed by atoms with Crippen molar-refractivity contribution in [3.8, 4) is 0 Å². The number of piperidine rings is 1. The lowest BCUT2D eigenvalue weighted by molar-refractivity contribution is -0.897. The van der Waals surface area contributed by atoms with E-state index >= 15 is 0 Å². The van der Waals surface area contributed by atoms with Crippen LogP contribution in [0.15, 0.2) is 30.3 Å². The van der Waals surface area contributed by atoms with Gasteiger partial charge in [0.2, 0.25) is 5.91 Å². The van der Waals surface area contributed by atoms with E-state index in [1.807, 2.05) is 35.6 Å². The third-order valence-electron chi connectivity index (χ3n) is 4.00. The zero-order valence-electron chi connectivity index (χ0n) is 13.2. The van der Waals surface area contributed by atoms with Crippen LogP contribution < -0.4 is 15.5 Å². The number of alkyl halides is 3. The Hall–Kier alpha value is -2.09. The van der Waals surface area contributed by atoms with Crippen LogP contribution in [-0.4, -0.2) is 44.2 Å². The highest BCUT2D eigenvalue weighted by Crippen LogP contribution is 2.14. The first-order valence-electron chi connectivity index (χ1n) is 7.86. The van der Waals surface area contributed by atoms with Gasteiger partial charge in [0.15, 0.2) is 6.54 Å². The molecule has 1 heterocycles. The molecule has 1 aromatic rings. The van der Waals surface area contributed by atoms with Crippen molar-refractivity contribution in [2.75, 3.05) is 31.5 Å². The lowest BCUT2D eigenvalue weighted by Crippen LogP contribution is -3.14. The van der Waals surface area contributed by atoms with Crippen LogP contribution in [0.5, 0.6) is 0 Å². The summed E-state index contributed by atoms with van der Waals surface area (Å²) in [6, 6.07) is 9.15. The maximum atomic E-state index is 12.2. The molecule has 8 heteroatoms. The fourth-order valence-electron chi connectivity index (χ4n) is 2.72. The molecule has 0 bridgehead atoms. The van der Waals surface area contributed by atoms with Gasteiger partial charge in [-0.25, -0.2) is 0 Å². The number of halogens is 3. The molecule has 1 fully saturated rings. The Bertz CT molecular complexity index is 555. The number of hydrogen-bond acceptors (Lipinski definition) is 2. The highest BCUT2D eigenvalue weighted by Gasteiger charge is 2.31. The highest BCUT2D eigenvalue weighted by atomic mass is 19.4. The zero-order valence-corrected chi connectivity index (χ0v) is 13.2. The van der Waals surface area contributed by atoms with Crippen LogP contribution in [0, 0.1) is 5.92 Å². The van der Waals surface area contributed by atoms with Gasteiger partial charge in [0.25, 0.3) is 5.91 Å². The average molecular weight is 344 g/mol. The van der Waals surface area contributed by atoms with Crippen LogP contribution in [0.3, 0.4) is 0 Å². The van der Waals surface area contributed by atoms with E-state index in [9.17, 15) is 22.8 Å². The minimum Gasteiger partial charge on any atom is -0.342 e. The Morgan fingerprint density at radius 2 is 1.75 bits per heavy atom. The van der Waals surface area contributed by atoms with Crippen LogP contribution >= 0.6 is 0 Å². The standard InChI is InChI=1S/C16H20F3N3O2/c17-16(18,19)11-20-14(23)10-22-8-6-12(7-9-22)15(24)21-13-4-2-1-3-5-13/h1-5,12H,6-11H2,(H,20,23)(H,21,24)/p+1. The van der Waals surface area contributed by atoms with E-state index in [0.717, 1.165) is 10.6 Å². The molecule has 24 heavy (non-hydrogen) atoms. The van der Waals surface area contributed by atoms with Gasteiger partial charge in [0.05, 0.1) is 13.1 Å². The van der Waals surface area contributed by atoms with Crippen molar-refractivity contribution < 1.29 is 27.7 Å². The quantitative estimate of drug-likeness (QED) is 0.733. The first-order valence-corrected chi connectivity index (χ1v) is 7.86. The Balaban J connectivity index is 1.71. The van der Waals surface area contributed by atoms with Gasteiger partial charge in [-0.2, -0.15) is 13.2 Å². The fourth-order valence-corrected chi connectivity index (χ4v) is 2.72. The van der Waals surface area contributed by atoms with E-state index in [4.69, 9.17) is 0 Å². The summed E-state index contributed by atoms with van der Waals surface area (Å²) < 4.78 is 36.1. The molecule has 2 rings (SSSR count). The van der Waals surface area contributed by atoms with Crippen LogP contribution in [-0.2, 0) is 9.59 Å². The van der Waals surface area contributed by atoms with E-state index in [2.05, 4.69) is 5.32 Å². The number of carbonyl (C=O) groups is 2. The normalized spacial score (nSPS) is 21.1. The maximum Gasteiger partial charge on any atom is 0.405 e. The van der Waals surface area contributed by atoms with Gasteiger partial charge in [0.1, 0.15) is 6.54 Å². The van der Waals surface area contributed by atoms with Gasteiger partial charge in [-0.15, -0.1) is 0 Å². The Labute approximate surface area is 138 Å². The minimum absolute atomic E-state index is 0.00308. The van der Waals surface area contributed by atoms with Gasteiger partial charge in [-0.1, -0.05) is 18.2 Å². The number of quaternary nitrogens is 1. The highest BCUT2D eigenvalue weighted by molar-refractivity contribution is 5.92. The summed E-state index contributed by atoms with van der Waals surface area (Å²) in [6.07, 6.45) is -3.17. The van der Waals surface area contributed by atoms with E-state index in [0.29, 0.717) is 25.9 Å². The Morgan fingerprint density at radius 3 is 2.33 bits per heavy atom. The van der Waals surface area contributed by atoms with Crippen LogP contribution in [0.4, 0.5) is 18.9 Å². The largest absolute Gasteiger partial charge is 0.405 e. The SMILES string of the molecule is O=C(C[NH+]1CCC(C(=O)Nc2ccccc2)CC1)NCC(F)(F)F. The van der Waals surface area contributed by atoms with Crippen LogP contribution in [0.1, 0.15) is 12.8 Å². The van der Waals surface area contributed by atoms with Crippen LogP contribution in [0.25, 0.3) is 0 Å². The molecule has 1 aromatic carbocycles. The topological polar surface area (TPSA) is 62.6 Å². The number of rotatable bonds is 5. The molecule has 132 valence electrons. The molecule has 1 aliphatic rings. The second-order valence-electron chi connectivity index (χ2n) is 5.95. The molecule has 0 spiro atoms. The fraction of sp³-hybridized carbons (Fsp3) is 0.500. The zero-order chi connectivity index (χ0) is 17.6. The summed E-state index contributed by atoms with van der Waals surface area (Å²) in [7, 11) is 0. The third kappa shape index (κ3) is 6.19. The van der Waals surface area contributed by atoms with Gasteiger partial charge in [-0.05, 0) is 12.1 Å². The lowest BCUT2D eigenvalue weighted by atomic mass is 9.96. The van der Waals surface area contributed by atoms with Crippen molar-refractivity contribution in [3.05, 3.63) is 30.3 Å². The summed E-state index contributed by atoms with van der Waals surface area (Å²) in [6.45, 7) is -0.122. The molecule has 0 radical (unpaired) electrons. The third-order valence-corrected chi connectivity index (χ3v) is 4.00. The number of likely N-dealkylation sites (tertiary alicyclic amines) is 1. The first kappa shape index (κ1) is 18.3. The van der Waals surface area contributed by atoms with Crippen molar-refractivity contribution in [1.82, 2.24) is 5.32 Å². The minimum atomic E-state index is -4.40. The number of hydrogen-bond donors (Lipinski definition) is 3. The molecule has 0 atom stereocenters. The second-order valence-corrected chi connectivity index (χ2v) is 5.95. The maximum absolute atomic E-state index is 12.2. The van der Waals surface area contributed by atoms with Gasteiger partial charge < -0.3 is 15.5 Å². The van der Waals surface area contributed by atoms with Gasteiger partial charge in [-0.3, -0.25) is 9.59 Å². The lowest BCUT2D eigenvalue weighted by Gasteiger charge is -2.28. The smallest absolute Gasteiger partial charge is 0.342 e. The summed E-state index contributed by atoms with van der Waals surface area (Å²) in [4.78, 5) is 24.6. The molecule has 2 amide bonds. The number of nitrogens with one attached hydrogen (secondary N) is 3. The predicted octanol–water partition coefficient (Wildman–Crippen LogP) is 0.598.